The van der Waals surface area contributed by atoms with Crippen molar-refractivity contribution in [1.82, 2.24) is 15.2 Å². The Morgan fingerprint density at radius 1 is 1.12 bits per heavy atom. The van der Waals surface area contributed by atoms with E-state index < -0.39 is 11.9 Å². The summed E-state index contributed by atoms with van der Waals surface area (Å²) in [5, 5.41) is 5.98. The minimum absolute atomic E-state index is 0.122. The van der Waals surface area contributed by atoms with Crippen LogP contribution in [0.15, 0.2) is 33.9 Å². The maximum absolute atomic E-state index is 12.7. The van der Waals surface area contributed by atoms with E-state index in [0.29, 0.717) is 28.1 Å². The van der Waals surface area contributed by atoms with Gasteiger partial charge in [-0.15, -0.1) is 0 Å². The monoisotopic (exact) mass is 357 g/mol. The summed E-state index contributed by atoms with van der Waals surface area (Å²) in [5.74, 6) is -0.623. The summed E-state index contributed by atoms with van der Waals surface area (Å²) in [5.41, 5.74) is 1.09. The molecule has 0 bridgehead atoms. The number of H-pyrrole nitrogens is 3. The fourth-order valence-electron chi connectivity index (χ4n) is 3.08. The Hall–Kier alpha value is -3.29. The molecule has 2 heterocycles. The van der Waals surface area contributed by atoms with Crippen molar-refractivity contribution in [3.63, 3.8) is 0 Å². The molecule has 0 saturated heterocycles. The lowest BCUT2D eigenvalue weighted by atomic mass is 9.89. The zero-order valence-electron chi connectivity index (χ0n) is 14.6. The van der Waals surface area contributed by atoms with E-state index in [-0.39, 0.29) is 17.5 Å². The molecule has 0 aliphatic carbocycles. The molecule has 0 amide bonds. The van der Waals surface area contributed by atoms with Gasteiger partial charge in [-0.1, -0.05) is 0 Å². The Balaban J connectivity index is 2.20. The van der Waals surface area contributed by atoms with Gasteiger partial charge >= 0.3 is 5.97 Å². The molecule has 0 radical (unpaired) electrons. The van der Waals surface area contributed by atoms with Crippen LogP contribution in [0.1, 0.15) is 29.2 Å². The van der Waals surface area contributed by atoms with Crippen LogP contribution < -0.4 is 15.9 Å². The smallest absolute Gasteiger partial charge is 0.306 e. The number of carbonyl (C=O) groups excluding carboxylic acids is 1. The minimum atomic E-state index is -0.729. The van der Waals surface area contributed by atoms with Crippen molar-refractivity contribution < 1.29 is 14.3 Å². The molecule has 26 heavy (non-hydrogen) atoms. The molecular weight excluding hydrogens is 338 g/mol. The van der Waals surface area contributed by atoms with Crippen molar-refractivity contribution in [3.05, 3.63) is 61.8 Å². The molecule has 0 aliphatic rings. The molecular formula is C18H19N3O5. The van der Waals surface area contributed by atoms with Crippen LogP contribution in [0.25, 0.3) is 10.9 Å². The van der Waals surface area contributed by atoms with Crippen molar-refractivity contribution in [2.24, 2.45) is 0 Å². The van der Waals surface area contributed by atoms with Gasteiger partial charge in [0.2, 0.25) is 0 Å². The number of hydrogen-bond acceptors (Lipinski definition) is 5. The van der Waals surface area contributed by atoms with Gasteiger partial charge in [0.05, 0.1) is 26.2 Å². The van der Waals surface area contributed by atoms with E-state index in [1.165, 1.54) is 7.11 Å². The summed E-state index contributed by atoms with van der Waals surface area (Å²) in [7, 11) is 2.81. The number of aromatic nitrogens is 3. The summed E-state index contributed by atoms with van der Waals surface area (Å²) < 4.78 is 9.91. The van der Waals surface area contributed by atoms with Gasteiger partial charge in [0.1, 0.15) is 5.75 Å². The number of hydrogen-bond donors (Lipinski definition) is 3. The standard InChI is InChI=1S/C18H19N3O5/c1-9-16(18(24)21-20-9)12(8-15(22)26-3)13-6-10-4-5-11(25-2)7-14(10)19-17(13)23/h4-7,12H,8H2,1-3H3,(H,19,23)(H2,20,21,24). The van der Waals surface area contributed by atoms with Gasteiger partial charge in [-0.05, 0) is 30.5 Å². The van der Waals surface area contributed by atoms with Crippen LogP contribution in [0.2, 0.25) is 0 Å². The average molecular weight is 357 g/mol. The van der Waals surface area contributed by atoms with Crippen LogP contribution >= 0.6 is 0 Å². The van der Waals surface area contributed by atoms with Gasteiger partial charge in [0, 0.05) is 28.8 Å². The first kappa shape index (κ1) is 17.5. The van der Waals surface area contributed by atoms with Crippen molar-refractivity contribution >= 4 is 16.9 Å². The number of aromatic amines is 3. The number of rotatable bonds is 5. The molecule has 1 atom stereocenters. The highest BCUT2D eigenvalue weighted by Gasteiger charge is 2.27. The maximum atomic E-state index is 12.7. The second-order valence-corrected chi connectivity index (χ2v) is 5.96. The van der Waals surface area contributed by atoms with E-state index >= 15 is 0 Å². The Morgan fingerprint density at radius 3 is 2.50 bits per heavy atom. The molecule has 1 aromatic carbocycles. The van der Waals surface area contributed by atoms with E-state index in [1.807, 2.05) is 0 Å². The summed E-state index contributed by atoms with van der Waals surface area (Å²) in [4.78, 5) is 39.6. The van der Waals surface area contributed by atoms with Crippen LogP contribution in [0.4, 0.5) is 0 Å². The fraction of sp³-hybridized carbons (Fsp3) is 0.278. The van der Waals surface area contributed by atoms with Crippen molar-refractivity contribution in [3.8, 4) is 5.75 Å². The highest BCUT2D eigenvalue weighted by atomic mass is 16.5. The SMILES string of the molecule is COC(=O)CC(c1cc2ccc(OC)cc2[nH]c1=O)c1c(C)[nH][nH]c1=O. The average Bonchev–Trinajstić information content (AvgIpc) is 2.97. The lowest BCUT2D eigenvalue weighted by Gasteiger charge is -2.15. The second kappa shape index (κ2) is 6.91. The molecule has 3 aromatic rings. The van der Waals surface area contributed by atoms with Crippen LogP contribution in [0.5, 0.6) is 5.75 Å². The molecule has 0 spiro atoms. The summed E-state index contributed by atoms with van der Waals surface area (Å²) in [6.45, 7) is 1.71. The molecule has 3 rings (SSSR count). The number of carbonyl (C=O) groups is 1. The number of nitrogens with one attached hydrogen (secondary N) is 3. The summed E-state index contributed by atoms with van der Waals surface area (Å²) >= 11 is 0. The van der Waals surface area contributed by atoms with Gasteiger partial charge in [-0.3, -0.25) is 19.5 Å². The third kappa shape index (κ3) is 3.13. The van der Waals surface area contributed by atoms with Crippen LogP contribution in [0.3, 0.4) is 0 Å². The molecule has 0 fully saturated rings. The topological polar surface area (TPSA) is 117 Å². The number of esters is 1. The predicted molar refractivity (Wildman–Crippen MR) is 95.7 cm³/mol. The highest BCUT2D eigenvalue weighted by Crippen LogP contribution is 2.28. The van der Waals surface area contributed by atoms with E-state index in [9.17, 15) is 14.4 Å². The largest absolute Gasteiger partial charge is 0.497 e. The molecule has 0 aliphatic heterocycles. The Labute approximate surface area is 148 Å². The van der Waals surface area contributed by atoms with Crippen LogP contribution in [-0.2, 0) is 9.53 Å². The molecule has 1 unspecified atom stereocenters. The number of benzene rings is 1. The van der Waals surface area contributed by atoms with Gasteiger partial charge in [-0.2, -0.15) is 0 Å². The first-order valence-corrected chi connectivity index (χ1v) is 7.99. The zero-order valence-corrected chi connectivity index (χ0v) is 14.6. The molecule has 8 heteroatoms. The number of aryl methyl sites for hydroxylation is 1. The molecule has 2 aromatic heterocycles. The van der Waals surface area contributed by atoms with Gasteiger partial charge < -0.3 is 19.6 Å². The van der Waals surface area contributed by atoms with E-state index in [2.05, 4.69) is 15.2 Å². The number of fused-ring (bicyclic) bond motifs is 1. The van der Waals surface area contributed by atoms with Gasteiger partial charge in [0.25, 0.3) is 11.1 Å². The fourth-order valence-corrected chi connectivity index (χ4v) is 3.08. The lowest BCUT2D eigenvalue weighted by molar-refractivity contribution is -0.140. The van der Waals surface area contributed by atoms with Crippen molar-refractivity contribution in [2.75, 3.05) is 14.2 Å². The summed E-state index contributed by atoms with van der Waals surface area (Å²) in [6, 6.07) is 6.97. The second-order valence-electron chi connectivity index (χ2n) is 5.96. The highest BCUT2D eigenvalue weighted by molar-refractivity contribution is 5.81. The van der Waals surface area contributed by atoms with Gasteiger partial charge in [-0.25, -0.2) is 0 Å². The number of ether oxygens (including phenoxy) is 2. The van der Waals surface area contributed by atoms with E-state index in [1.54, 1.807) is 38.3 Å². The molecule has 3 N–H and O–H groups in total. The molecule has 8 nitrogen and oxygen atoms in total. The summed E-state index contributed by atoms with van der Waals surface area (Å²) in [6.07, 6.45) is -0.122. The van der Waals surface area contributed by atoms with Crippen molar-refractivity contribution in [1.29, 1.82) is 0 Å². The normalized spacial score (nSPS) is 12.1. The molecule has 0 saturated carbocycles. The zero-order chi connectivity index (χ0) is 18.8. The van der Waals surface area contributed by atoms with Crippen LogP contribution in [-0.4, -0.2) is 35.4 Å². The Morgan fingerprint density at radius 2 is 1.88 bits per heavy atom. The predicted octanol–water partition coefficient (Wildman–Crippen LogP) is 1.56. The van der Waals surface area contributed by atoms with Crippen molar-refractivity contribution in [2.45, 2.75) is 19.3 Å². The van der Waals surface area contributed by atoms with E-state index in [4.69, 9.17) is 9.47 Å². The number of pyridine rings is 1. The van der Waals surface area contributed by atoms with Crippen LogP contribution in [0, 0.1) is 6.92 Å². The Kier molecular flexibility index (Phi) is 4.66. The lowest BCUT2D eigenvalue weighted by Crippen LogP contribution is -2.23. The third-order valence-corrected chi connectivity index (χ3v) is 4.42. The van der Waals surface area contributed by atoms with Gasteiger partial charge in [0.15, 0.2) is 0 Å². The first-order chi connectivity index (χ1) is 12.4. The van der Waals surface area contributed by atoms with E-state index in [0.717, 1.165) is 5.39 Å². The number of methoxy groups -OCH3 is 2. The quantitative estimate of drug-likeness (QED) is 0.599. The first-order valence-electron chi connectivity index (χ1n) is 7.99. The Bertz CT molecular complexity index is 1080. The third-order valence-electron chi connectivity index (χ3n) is 4.42. The molecule has 136 valence electrons. The minimum Gasteiger partial charge on any atom is -0.497 e. The maximum Gasteiger partial charge on any atom is 0.306 e.